The lowest BCUT2D eigenvalue weighted by Crippen LogP contribution is -2.01. The molecule has 0 N–H and O–H groups in total. The predicted molar refractivity (Wildman–Crippen MR) is 81.0 cm³/mol. The zero-order valence-electron chi connectivity index (χ0n) is 12.3. The molecule has 0 saturated heterocycles. The topological polar surface area (TPSA) is 35.5 Å². The van der Waals surface area contributed by atoms with Gasteiger partial charge >= 0.3 is 5.97 Å². The fourth-order valence-electron chi connectivity index (χ4n) is 2.45. The van der Waals surface area contributed by atoms with Crippen molar-refractivity contribution in [2.45, 2.75) is 25.7 Å². The van der Waals surface area contributed by atoms with Crippen molar-refractivity contribution in [3.8, 4) is 11.5 Å². The normalized spacial score (nSPS) is 13.8. The Balaban J connectivity index is 1.92. The molecule has 3 heteroatoms. The van der Waals surface area contributed by atoms with Gasteiger partial charge in [0.15, 0.2) is 0 Å². The second kappa shape index (κ2) is 5.60. The van der Waals surface area contributed by atoms with Crippen LogP contribution < -0.4 is 4.74 Å². The number of benzene rings is 2. The van der Waals surface area contributed by atoms with E-state index in [2.05, 4.69) is 12.1 Å². The van der Waals surface area contributed by atoms with Crippen molar-refractivity contribution in [2.75, 3.05) is 7.11 Å². The quantitative estimate of drug-likeness (QED) is 0.777. The number of aryl methyl sites for hydroxylation is 1. The summed E-state index contributed by atoms with van der Waals surface area (Å²) in [5.74, 6) is 1.84. The number of esters is 1. The molecule has 108 valence electrons. The van der Waals surface area contributed by atoms with Gasteiger partial charge in [-0.2, -0.15) is 0 Å². The Labute approximate surface area is 124 Å². The molecule has 0 spiro atoms. The Kier molecular flexibility index (Phi) is 3.65. The number of hydrogen-bond donors (Lipinski definition) is 0. The van der Waals surface area contributed by atoms with Crippen LogP contribution in [-0.4, -0.2) is 13.1 Å². The minimum Gasteiger partial charge on any atom is -0.465 e. The van der Waals surface area contributed by atoms with Crippen LogP contribution in [0.25, 0.3) is 0 Å². The van der Waals surface area contributed by atoms with E-state index in [1.165, 1.54) is 25.5 Å². The van der Waals surface area contributed by atoms with Crippen molar-refractivity contribution in [1.82, 2.24) is 0 Å². The first-order chi connectivity index (χ1) is 10.2. The lowest BCUT2D eigenvalue weighted by Gasteiger charge is -2.14. The minimum atomic E-state index is -0.354. The van der Waals surface area contributed by atoms with Crippen molar-refractivity contribution in [3.63, 3.8) is 0 Å². The smallest absolute Gasteiger partial charge is 0.337 e. The maximum absolute atomic E-state index is 11.6. The van der Waals surface area contributed by atoms with Crippen LogP contribution in [0.4, 0.5) is 0 Å². The molecule has 0 atom stereocenters. The Bertz CT molecular complexity index is 672. The van der Waals surface area contributed by atoms with Gasteiger partial charge in [0.1, 0.15) is 11.5 Å². The molecule has 1 aliphatic rings. The third kappa shape index (κ3) is 2.92. The van der Waals surface area contributed by atoms with Gasteiger partial charge in [-0.05, 0) is 55.0 Å². The van der Waals surface area contributed by atoms with E-state index in [0.717, 1.165) is 11.3 Å². The first kappa shape index (κ1) is 13.7. The molecule has 2 aromatic rings. The maximum Gasteiger partial charge on any atom is 0.337 e. The molecule has 0 heterocycles. The van der Waals surface area contributed by atoms with Crippen LogP contribution in [0.3, 0.4) is 0 Å². The van der Waals surface area contributed by atoms with E-state index < -0.39 is 0 Å². The fourth-order valence-corrected chi connectivity index (χ4v) is 2.45. The van der Waals surface area contributed by atoms with E-state index in [9.17, 15) is 4.79 Å². The van der Waals surface area contributed by atoms with Crippen molar-refractivity contribution in [3.05, 3.63) is 59.2 Å². The monoisotopic (exact) mass is 282 g/mol. The average Bonchev–Trinajstić information content (AvgIpc) is 3.33. The maximum atomic E-state index is 11.6. The van der Waals surface area contributed by atoms with Crippen LogP contribution in [-0.2, 0) is 4.74 Å². The van der Waals surface area contributed by atoms with Gasteiger partial charge in [-0.3, -0.25) is 0 Å². The Morgan fingerprint density at radius 2 is 1.90 bits per heavy atom. The van der Waals surface area contributed by atoms with E-state index >= 15 is 0 Å². The van der Waals surface area contributed by atoms with Gasteiger partial charge < -0.3 is 9.47 Å². The summed E-state index contributed by atoms with van der Waals surface area (Å²) < 4.78 is 10.8. The van der Waals surface area contributed by atoms with Gasteiger partial charge in [0.2, 0.25) is 0 Å². The Hall–Kier alpha value is -2.29. The molecule has 0 amide bonds. The van der Waals surface area contributed by atoms with Crippen LogP contribution in [0.5, 0.6) is 11.5 Å². The zero-order valence-corrected chi connectivity index (χ0v) is 12.3. The zero-order chi connectivity index (χ0) is 14.8. The van der Waals surface area contributed by atoms with Crippen molar-refractivity contribution >= 4 is 5.97 Å². The molecule has 2 aromatic carbocycles. The molecule has 3 nitrogen and oxygen atoms in total. The molecule has 0 radical (unpaired) electrons. The summed E-state index contributed by atoms with van der Waals surface area (Å²) in [5, 5.41) is 0. The molecule has 1 aliphatic carbocycles. The van der Waals surface area contributed by atoms with E-state index in [1.54, 1.807) is 18.2 Å². The van der Waals surface area contributed by atoms with Gasteiger partial charge in [-0.15, -0.1) is 0 Å². The predicted octanol–water partition coefficient (Wildman–Crippen LogP) is 4.45. The number of para-hydroxylation sites is 1. The SMILES string of the molecule is COC(=O)c1cccc(Oc2c(C)cccc2C2CC2)c1. The fraction of sp³-hybridized carbons (Fsp3) is 0.278. The molecule has 1 saturated carbocycles. The highest BCUT2D eigenvalue weighted by atomic mass is 16.5. The minimum absolute atomic E-state index is 0.354. The lowest BCUT2D eigenvalue weighted by molar-refractivity contribution is 0.0600. The first-order valence-corrected chi connectivity index (χ1v) is 7.15. The molecule has 0 aromatic heterocycles. The third-order valence-corrected chi connectivity index (χ3v) is 3.73. The molecule has 0 aliphatic heterocycles. The summed E-state index contributed by atoms with van der Waals surface area (Å²) in [7, 11) is 1.38. The van der Waals surface area contributed by atoms with Gasteiger partial charge in [0.05, 0.1) is 12.7 Å². The number of carbonyl (C=O) groups excluding carboxylic acids is 1. The lowest BCUT2D eigenvalue weighted by atomic mass is 10.1. The Morgan fingerprint density at radius 1 is 1.14 bits per heavy atom. The summed E-state index contributed by atoms with van der Waals surface area (Å²) >= 11 is 0. The second-order valence-electron chi connectivity index (χ2n) is 5.39. The van der Waals surface area contributed by atoms with Crippen LogP contribution in [0.1, 0.15) is 40.2 Å². The third-order valence-electron chi connectivity index (χ3n) is 3.73. The first-order valence-electron chi connectivity index (χ1n) is 7.15. The second-order valence-corrected chi connectivity index (χ2v) is 5.39. The summed E-state index contributed by atoms with van der Waals surface area (Å²) in [5.41, 5.74) is 2.87. The van der Waals surface area contributed by atoms with Crippen LogP contribution >= 0.6 is 0 Å². The number of ether oxygens (including phenoxy) is 2. The summed E-state index contributed by atoms with van der Waals surface area (Å²) in [4.78, 5) is 11.6. The van der Waals surface area contributed by atoms with Crippen LogP contribution in [0.2, 0.25) is 0 Å². The van der Waals surface area contributed by atoms with Crippen LogP contribution in [0, 0.1) is 6.92 Å². The summed E-state index contributed by atoms with van der Waals surface area (Å²) in [6.07, 6.45) is 2.45. The Morgan fingerprint density at radius 3 is 2.62 bits per heavy atom. The average molecular weight is 282 g/mol. The molecule has 21 heavy (non-hydrogen) atoms. The molecule has 0 bridgehead atoms. The highest BCUT2D eigenvalue weighted by Crippen LogP contribution is 2.46. The van der Waals surface area contributed by atoms with Gasteiger partial charge in [-0.25, -0.2) is 4.79 Å². The number of carbonyl (C=O) groups is 1. The van der Waals surface area contributed by atoms with Crippen molar-refractivity contribution in [1.29, 1.82) is 0 Å². The van der Waals surface area contributed by atoms with Crippen molar-refractivity contribution < 1.29 is 14.3 Å². The van der Waals surface area contributed by atoms with Gasteiger partial charge in [0, 0.05) is 0 Å². The number of rotatable bonds is 4. The summed E-state index contributed by atoms with van der Waals surface area (Å²) in [6.45, 7) is 2.05. The molecule has 0 unspecified atom stereocenters. The van der Waals surface area contributed by atoms with Crippen LogP contribution in [0.15, 0.2) is 42.5 Å². The molecular formula is C18H18O3. The van der Waals surface area contributed by atoms with E-state index in [4.69, 9.17) is 9.47 Å². The standard InChI is InChI=1S/C18H18O3/c1-12-5-3-8-16(13-9-10-13)17(12)21-15-7-4-6-14(11-15)18(19)20-2/h3-8,11,13H,9-10H2,1-2H3. The largest absolute Gasteiger partial charge is 0.465 e. The van der Waals surface area contributed by atoms with Gasteiger partial charge in [0.25, 0.3) is 0 Å². The van der Waals surface area contributed by atoms with E-state index in [0.29, 0.717) is 17.2 Å². The molecular weight excluding hydrogens is 264 g/mol. The summed E-state index contributed by atoms with van der Waals surface area (Å²) in [6, 6.07) is 13.3. The molecule has 3 rings (SSSR count). The number of methoxy groups -OCH3 is 1. The molecule has 1 fully saturated rings. The number of hydrogen-bond acceptors (Lipinski definition) is 3. The van der Waals surface area contributed by atoms with E-state index in [-0.39, 0.29) is 5.97 Å². The van der Waals surface area contributed by atoms with Crippen molar-refractivity contribution in [2.24, 2.45) is 0 Å². The van der Waals surface area contributed by atoms with E-state index in [1.807, 2.05) is 19.1 Å². The van der Waals surface area contributed by atoms with Gasteiger partial charge in [-0.1, -0.05) is 24.3 Å². The highest BCUT2D eigenvalue weighted by molar-refractivity contribution is 5.89. The highest BCUT2D eigenvalue weighted by Gasteiger charge is 2.27.